The van der Waals surface area contributed by atoms with Crippen LogP contribution in [-0.2, 0) is 6.54 Å². The first-order chi connectivity index (χ1) is 12.8. The topological polar surface area (TPSA) is 62.7 Å². The molecule has 0 aliphatic heterocycles. The molecule has 5 nitrogen and oxygen atoms in total. The molecule has 0 fully saturated rings. The van der Waals surface area contributed by atoms with Gasteiger partial charge >= 0.3 is 0 Å². The van der Waals surface area contributed by atoms with Crippen LogP contribution in [0.25, 0.3) is 0 Å². The van der Waals surface area contributed by atoms with Gasteiger partial charge in [-0.2, -0.15) is 15.0 Å². The number of nitrogens with zero attached hydrogens (tertiary/aromatic N) is 3. The maximum absolute atomic E-state index is 6.07. The summed E-state index contributed by atoms with van der Waals surface area (Å²) >= 11 is 12.0. The molecule has 1 heterocycles. The van der Waals surface area contributed by atoms with E-state index in [0.29, 0.717) is 34.3 Å². The maximum atomic E-state index is 6.07. The molecule has 0 saturated heterocycles. The molecular weight excluding hydrogens is 381 g/mol. The Morgan fingerprint density at radius 2 is 1.48 bits per heavy atom. The highest BCUT2D eigenvalue weighted by Crippen LogP contribution is 2.25. The highest BCUT2D eigenvalue weighted by atomic mass is 35.5. The van der Waals surface area contributed by atoms with Crippen LogP contribution in [0.4, 0.5) is 17.6 Å². The van der Waals surface area contributed by atoms with Gasteiger partial charge in [0.05, 0.1) is 10.0 Å². The van der Waals surface area contributed by atoms with Crippen molar-refractivity contribution in [3.63, 3.8) is 0 Å². The molecule has 7 heteroatoms. The third kappa shape index (κ3) is 4.87. The van der Waals surface area contributed by atoms with Crippen LogP contribution in [0, 0.1) is 27.7 Å². The minimum atomic E-state index is 0.499. The van der Waals surface area contributed by atoms with Gasteiger partial charge in [0.2, 0.25) is 11.9 Å². The lowest BCUT2D eigenvalue weighted by Crippen LogP contribution is -2.09. The van der Waals surface area contributed by atoms with Gasteiger partial charge < -0.3 is 10.6 Å². The van der Waals surface area contributed by atoms with Crippen molar-refractivity contribution in [1.29, 1.82) is 0 Å². The predicted molar refractivity (Wildman–Crippen MR) is 112 cm³/mol. The number of hydrogen-bond donors (Lipinski definition) is 2. The molecule has 0 spiro atoms. The second kappa shape index (κ2) is 8.11. The third-order valence-corrected chi connectivity index (χ3v) is 4.83. The molecule has 2 aromatic carbocycles. The zero-order valence-corrected chi connectivity index (χ0v) is 17.2. The summed E-state index contributed by atoms with van der Waals surface area (Å²) in [6.07, 6.45) is 0. The maximum Gasteiger partial charge on any atom is 0.232 e. The monoisotopic (exact) mass is 401 g/mol. The highest BCUT2D eigenvalue weighted by molar-refractivity contribution is 6.42. The van der Waals surface area contributed by atoms with Crippen LogP contribution in [0.3, 0.4) is 0 Å². The van der Waals surface area contributed by atoms with Crippen LogP contribution in [0.15, 0.2) is 30.3 Å². The van der Waals surface area contributed by atoms with Crippen molar-refractivity contribution in [3.05, 3.63) is 68.5 Å². The van der Waals surface area contributed by atoms with Gasteiger partial charge in [-0.25, -0.2) is 0 Å². The van der Waals surface area contributed by atoms with E-state index in [-0.39, 0.29) is 0 Å². The molecule has 1 aromatic heterocycles. The van der Waals surface area contributed by atoms with Gasteiger partial charge in [-0.15, -0.1) is 0 Å². The summed E-state index contributed by atoms with van der Waals surface area (Å²) in [4.78, 5) is 13.2. The number of anilines is 3. The van der Waals surface area contributed by atoms with E-state index in [9.17, 15) is 0 Å². The summed E-state index contributed by atoms with van der Waals surface area (Å²) in [5, 5.41) is 7.59. The predicted octanol–water partition coefficient (Wildman–Crippen LogP) is 5.77. The van der Waals surface area contributed by atoms with E-state index in [1.165, 1.54) is 5.56 Å². The Bertz CT molecular complexity index is 965. The molecular formula is C20H21Cl2N5. The molecule has 0 atom stereocenters. The van der Waals surface area contributed by atoms with Crippen LogP contribution in [0.5, 0.6) is 0 Å². The second-order valence-electron chi connectivity index (χ2n) is 6.53. The summed E-state index contributed by atoms with van der Waals surface area (Å²) < 4.78 is 0. The quantitative estimate of drug-likeness (QED) is 0.568. The first-order valence-corrected chi connectivity index (χ1v) is 9.33. The first kappa shape index (κ1) is 19.4. The van der Waals surface area contributed by atoms with E-state index in [1.807, 2.05) is 19.1 Å². The molecule has 3 aromatic rings. The van der Waals surface area contributed by atoms with E-state index < -0.39 is 0 Å². The van der Waals surface area contributed by atoms with Gasteiger partial charge in [0.15, 0.2) is 0 Å². The minimum absolute atomic E-state index is 0.499. The number of rotatable bonds is 5. The summed E-state index contributed by atoms with van der Waals surface area (Å²) in [5.74, 6) is 1.64. The number of hydrogen-bond acceptors (Lipinski definition) is 5. The Morgan fingerprint density at radius 1 is 0.815 bits per heavy atom. The average molecular weight is 402 g/mol. The lowest BCUT2D eigenvalue weighted by Gasteiger charge is -2.14. The van der Waals surface area contributed by atoms with Crippen molar-refractivity contribution in [3.8, 4) is 0 Å². The minimum Gasteiger partial charge on any atom is -0.350 e. The Balaban J connectivity index is 1.79. The van der Waals surface area contributed by atoms with Gasteiger partial charge in [-0.05, 0) is 56.5 Å². The van der Waals surface area contributed by atoms with E-state index in [0.717, 1.165) is 22.4 Å². The molecule has 0 unspecified atom stereocenters. The molecule has 0 aliphatic rings. The van der Waals surface area contributed by atoms with Crippen molar-refractivity contribution in [2.45, 2.75) is 34.2 Å². The van der Waals surface area contributed by atoms with Gasteiger partial charge in [0, 0.05) is 12.2 Å². The molecule has 0 aliphatic carbocycles. The van der Waals surface area contributed by atoms with Crippen LogP contribution in [0.1, 0.15) is 28.1 Å². The van der Waals surface area contributed by atoms with E-state index in [2.05, 4.69) is 58.5 Å². The molecule has 0 saturated carbocycles. The molecule has 2 N–H and O–H groups in total. The van der Waals surface area contributed by atoms with Crippen LogP contribution in [0.2, 0.25) is 10.0 Å². The number of nitrogens with one attached hydrogen (secondary N) is 2. The molecule has 0 amide bonds. The van der Waals surface area contributed by atoms with Gasteiger partial charge in [-0.3, -0.25) is 0 Å². The molecule has 140 valence electrons. The van der Waals surface area contributed by atoms with E-state index >= 15 is 0 Å². The lowest BCUT2D eigenvalue weighted by atomic mass is 10.1. The van der Waals surface area contributed by atoms with Crippen molar-refractivity contribution < 1.29 is 0 Å². The number of aromatic nitrogens is 3. The Labute approximate surface area is 169 Å². The lowest BCUT2D eigenvalue weighted by molar-refractivity contribution is 0.958. The fraction of sp³-hybridized carbons (Fsp3) is 0.250. The molecule has 0 radical (unpaired) electrons. The van der Waals surface area contributed by atoms with Gasteiger partial charge in [0.25, 0.3) is 0 Å². The normalized spacial score (nSPS) is 10.7. The average Bonchev–Trinajstić information content (AvgIpc) is 2.59. The zero-order chi connectivity index (χ0) is 19.6. The standard InChI is InChI=1S/C20H21Cl2N5/c1-11-7-12(2)18(13(3)8-11)26-20-25-14(4)24-19(27-20)23-10-15-5-6-16(21)17(22)9-15/h5-9H,10H2,1-4H3,(H2,23,24,25,26,27). The Hall–Kier alpha value is -2.37. The third-order valence-electron chi connectivity index (χ3n) is 4.10. The van der Waals surface area contributed by atoms with E-state index in [1.54, 1.807) is 6.07 Å². The summed E-state index contributed by atoms with van der Waals surface area (Å²) in [6.45, 7) is 8.59. The number of halogens is 2. The van der Waals surface area contributed by atoms with Gasteiger partial charge in [-0.1, -0.05) is 47.0 Å². The number of aryl methyl sites for hydroxylation is 4. The van der Waals surface area contributed by atoms with Crippen molar-refractivity contribution in [1.82, 2.24) is 15.0 Å². The zero-order valence-electron chi connectivity index (χ0n) is 15.7. The largest absolute Gasteiger partial charge is 0.350 e. The fourth-order valence-electron chi connectivity index (χ4n) is 2.94. The highest BCUT2D eigenvalue weighted by Gasteiger charge is 2.09. The Morgan fingerprint density at radius 3 is 2.15 bits per heavy atom. The van der Waals surface area contributed by atoms with Crippen LogP contribution < -0.4 is 10.6 Å². The van der Waals surface area contributed by atoms with E-state index in [4.69, 9.17) is 23.2 Å². The Kier molecular flexibility index (Phi) is 5.82. The molecule has 0 bridgehead atoms. The van der Waals surface area contributed by atoms with Gasteiger partial charge in [0.1, 0.15) is 5.82 Å². The van der Waals surface area contributed by atoms with Crippen LogP contribution >= 0.6 is 23.2 Å². The molecule has 3 rings (SSSR count). The van der Waals surface area contributed by atoms with Crippen molar-refractivity contribution >= 4 is 40.8 Å². The summed E-state index contributed by atoms with van der Waals surface area (Å²) in [7, 11) is 0. The second-order valence-corrected chi connectivity index (χ2v) is 7.34. The first-order valence-electron chi connectivity index (χ1n) is 8.57. The SMILES string of the molecule is Cc1cc(C)c(Nc2nc(C)nc(NCc3ccc(Cl)c(Cl)c3)n2)c(C)c1. The summed E-state index contributed by atoms with van der Waals surface area (Å²) in [6, 6.07) is 9.77. The van der Waals surface area contributed by atoms with Crippen LogP contribution in [-0.4, -0.2) is 15.0 Å². The van der Waals surface area contributed by atoms with Crippen molar-refractivity contribution in [2.24, 2.45) is 0 Å². The smallest absolute Gasteiger partial charge is 0.232 e. The fourth-order valence-corrected chi connectivity index (χ4v) is 3.26. The molecule has 27 heavy (non-hydrogen) atoms. The summed E-state index contributed by atoms with van der Waals surface area (Å²) in [5.41, 5.74) is 5.53. The van der Waals surface area contributed by atoms with Crippen molar-refractivity contribution in [2.75, 3.05) is 10.6 Å². The number of benzene rings is 2.